The van der Waals surface area contributed by atoms with Gasteiger partial charge in [-0.3, -0.25) is 10.4 Å². The second-order valence-corrected chi connectivity index (χ2v) is 6.14. The molecule has 8 heteroatoms. The summed E-state index contributed by atoms with van der Waals surface area (Å²) in [6.07, 6.45) is -0.822. The van der Waals surface area contributed by atoms with E-state index in [9.17, 15) is 13.2 Å². The number of nitrogens with one attached hydrogen (secondary N) is 2. The van der Waals surface area contributed by atoms with Crippen LogP contribution in [0.15, 0.2) is 30.5 Å². The highest BCUT2D eigenvalue weighted by Gasteiger charge is 2.36. The Hall–Kier alpha value is -3.08. The highest BCUT2D eigenvalue weighted by molar-refractivity contribution is 6.06. The fourth-order valence-electron chi connectivity index (χ4n) is 3.09. The number of nitriles is 1. The second kappa shape index (κ2) is 6.67. The first-order valence-corrected chi connectivity index (χ1v) is 8.00. The van der Waals surface area contributed by atoms with E-state index in [4.69, 9.17) is 16.4 Å². The average Bonchev–Trinajstić information content (AvgIpc) is 2.61. The van der Waals surface area contributed by atoms with Crippen LogP contribution in [0, 0.1) is 16.7 Å². The van der Waals surface area contributed by atoms with Crippen molar-refractivity contribution in [3.05, 3.63) is 52.8 Å². The number of alkyl halides is 3. The molecule has 2 aromatic rings. The molecule has 1 atom stereocenters. The van der Waals surface area contributed by atoms with Crippen LogP contribution in [-0.4, -0.2) is 16.9 Å². The molecule has 0 saturated heterocycles. The predicted molar refractivity (Wildman–Crippen MR) is 92.0 cm³/mol. The summed E-state index contributed by atoms with van der Waals surface area (Å²) in [5.41, 5.74) is 6.37. The van der Waals surface area contributed by atoms with Crippen LogP contribution >= 0.6 is 0 Å². The molecule has 1 aromatic carbocycles. The number of aromatic nitrogens is 1. The molecule has 0 fully saturated rings. The predicted octanol–water partition coefficient (Wildman–Crippen LogP) is 3.96. The summed E-state index contributed by atoms with van der Waals surface area (Å²) in [7, 11) is 0. The lowest BCUT2D eigenvalue weighted by atomic mass is 9.91. The first-order chi connectivity index (χ1) is 12.3. The Balaban J connectivity index is 1.89. The number of fused-ring (bicyclic) bond motifs is 1. The van der Waals surface area contributed by atoms with Crippen molar-refractivity contribution in [3.8, 4) is 6.07 Å². The zero-order valence-corrected chi connectivity index (χ0v) is 13.7. The number of rotatable bonds is 3. The number of nitrogens with two attached hydrogens (primary N) is 1. The van der Waals surface area contributed by atoms with Crippen LogP contribution in [0.5, 0.6) is 0 Å². The number of hydrogen-bond acceptors (Lipinski definition) is 5. The molecule has 26 heavy (non-hydrogen) atoms. The van der Waals surface area contributed by atoms with Gasteiger partial charge in [-0.15, -0.1) is 0 Å². The minimum absolute atomic E-state index is 0.0984. The van der Waals surface area contributed by atoms with Crippen molar-refractivity contribution in [2.75, 3.05) is 11.1 Å². The van der Waals surface area contributed by atoms with E-state index in [2.05, 4.69) is 16.4 Å². The van der Waals surface area contributed by atoms with Crippen LogP contribution in [0.25, 0.3) is 0 Å². The number of pyridine rings is 1. The molecule has 1 heterocycles. The van der Waals surface area contributed by atoms with Gasteiger partial charge in [0.25, 0.3) is 0 Å². The molecule has 134 valence electrons. The number of nitrogen functional groups attached to an aromatic ring is 1. The van der Waals surface area contributed by atoms with Crippen molar-refractivity contribution in [2.24, 2.45) is 0 Å². The van der Waals surface area contributed by atoms with E-state index < -0.39 is 11.9 Å². The zero-order chi connectivity index (χ0) is 18.9. The molecule has 0 amide bonds. The van der Waals surface area contributed by atoms with E-state index in [0.29, 0.717) is 11.3 Å². The van der Waals surface area contributed by atoms with Crippen LogP contribution in [0.2, 0.25) is 0 Å². The second-order valence-electron chi connectivity index (χ2n) is 6.14. The lowest BCUT2D eigenvalue weighted by Crippen LogP contribution is -2.24. The maximum Gasteiger partial charge on any atom is 0.433 e. The number of nitrogens with zero attached hydrogens (tertiary/aromatic N) is 2. The van der Waals surface area contributed by atoms with Gasteiger partial charge in [0.2, 0.25) is 0 Å². The van der Waals surface area contributed by atoms with Gasteiger partial charge in [0.05, 0.1) is 17.3 Å². The molecule has 4 N–H and O–H groups in total. The lowest BCUT2D eigenvalue weighted by Gasteiger charge is -2.26. The molecule has 0 saturated carbocycles. The van der Waals surface area contributed by atoms with Crippen LogP contribution in [-0.2, 0) is 6.42 Å². The van der Waals surface area contributed by atoms with Gasteiger partial charge in [0, 0.05) is 23.1 Å². The molecule has 1 aliphatic rings. The van der Waals surface area contributed by atoms with Gasteiger partial charge in [-0.25, -0.2) is 0 Å². The summed E-state index contributed by atoms with van der Waals surface area (Å²) in [5, 5.41) is 19.5. The van der Waals surface area contributed by atoms with Crippen LogP contribution in [0.3, 0.4) is 0 Å². The lowest BCUT2D eigenvalue weighted by molar-refractivity contribution is -0.0587. The summed E-state index contributed by atoms with van der Waals surface area (Å²) < 4.78 is 38.5. The van der Waals surface area contributed by atoms with E-state index in [1.807, 2.05) is 0 Å². The quantitative estimate of drug-likeness (QED) is 0.571. The average molecular weight is 359 g/mol. The molecule has 0 radical (unpaired) electrons. The topological polar surface area (TPSA) is 98.6 Å². The Bertz CT molecular complexity index is 899. The Morgan fingerprint density at radius 3 is 2.81 bits per heavy atom. The smallest absolute Gasteiger partial charge is 0.398 e. The highest BCUT2D eigenvalue weighted by Crippen LogP contribution is 2.33. The Morgan fingerprint density at radius 1 is 1.35 bits per heavy atom. The summed E-state index contributed by atoms with van der Waals surface area (Å²) in [4.78, 5) is 4.35. The van der Waals surface area contributed by atoms with Crippen molar-refractivity contribution in [2.45, 2.75) is 31.5 Å². The van der Waals surface area contributed by atoms with E-state index >= 15 is 0 Å². The van der Waals surface area contributed by atoms with Gasteiger partial charge < -0.3 is 11.1 Å². The molecule has 1 unspecified atom stereocenters. The van der Waals surface area contributed by atoms with Crippen molar-refractivity contribution < 1.29 is 13.2 Å². The molecule has 0 bridgehead atoms. The third-order valence-corrected chi connectivity index (χ3v) is 4.35. The molecule has 1 aromatic heterocycles. The van der Waals surface area contributed by atoms with E-state index in [0.717, 1.165) is 30.5 Å². The number of halogens is 3. The van der Waals surface area contributed by atoms with Gasteiger partial charge in [0.15, 0.2) is 0 Å². The van der Waals surface area contributed by atoms with Gasteiger partial charge >= 0.3 is 6.18 Å². The summed E-state index contributed by atoms with van der Waals surface area (Å²) in [6.45, 7) is 0. The number of benzene rings is 1. The Morgan fingerprint density at radius 2 is 2.12 bits per heavy atom. The number of aryl methyl sites for hydroxylation is 1. The maximum atomic E-state index is 12.8. The Kier molecular flexibility index (Phi) is 4.55. The fraction of sp³-hybridized carbons (Fsp3) is 0.278. The molecule has 5 nitrogen and oxygen atoms in total. The minimum Gasteiger partial charge on any atom is -0.398 e. The zero-order valence-electron chi connectivity index (χ0n) is 13.7. The fourth-order valence-corrected chi connectivity index (χ4v) is 3.09. The summed E-state index contributed by atoms with van der Waals surface area (Å²) >= 11 is 0. The van der Waals surface area contributed by atoms with Crippen LogP contribution in [0.4, 0.5) is 24.5 Å². The summed E-state index contributed by atoms with van der Waals surface area (Å²) in [6, 6.07) is 7.85. The third-order valence-electron chi connectivity index (χ3n) is 4.35. The van der Waals surface area contributed by atoms with E-state index in [1.54, 1.807) is 12.1 Å². The molecule has 3 rings (SSSR count). The van der Waals surface area contributed by atoms with Crippen molar-refractivity contribution in [1.82, 2.24) is 4.98 Å². The molecule has 1 aliphatic carbocycles. The normalized spacial score (nSPS) is 16.5. The van der Waals surface area contributed by atoms with Crippen molar-refractivity contribution >= 4 is 17.1 Å². The third kappa shape index (κ3) is 3.47. The highest BCUT2D eigenvalue weighted by atomic mass is 19.4. The largest absolute Gasteiger partial charge is 0.433 e. The molecule has 0 aliphatic heterocycles. The van der Waals surface area contributed by atoms with Gasteiger partial charge in [0.1, 0.15) is 11.8 Å². The van der Waals surface area contributed by atoms with Crippen LogP contribution < -0.4 is 11.1 Å². The van der Waals surface area contributed by atoms with Gasteiger partial charge in [-0.05, 0) is 49.1 Å². The van der Waals surface area contributed by atoms with Crippen LogP contribution in [0.1, 0.15) is 41.3 Å². The van der Waals surface area contributed by atoms with E-state index in [-0.39, 0.29) is 17.3 Å². The Labute approximate surface area is 148 Å². The molecule has 0 spiro atoms. The first-order valence-electron chi connectivity index (χ1n) is 8.00. The summed E-state index contributed by atoms with van der Waals surface area (Å²) in [5.74, 6) is 0. The first kappa shape index (κ1) is 17.7. The molecular formula is C18H16F3N5. The minimum atomic E-state index is -4.76. The SMILES string of the molecule is N#Cc1cnc2c(c1)CCCC2Nc1ccc(N)c(C(=N)C(F)(F)F)c1. The number of anilines is 2. The van der Waals surface area contributed by atoms with E-state index in [1.165, 1.54) is 18.3 Å². The number of hydrogen-bond donors (Lipinski definition) is 3. The van der Waals surface area contributed by atoms with Gasteiger partial charge in [-0.2, -0.15) is 18.4 Å². The van der Waals surface area contributed by atoms with Gasteiger partial charge in [-0.1, -0.05) is 0 Å². The monoisotopic (exact) mass is 359 g/mol. The van der Waals surface area contributed by atoms with Crippen molar-refractivity contribution in [1.29, 1.82) is 10.7 Å². The standard InChI is InChI=1S/C18H16F3N5/c19-18(20,21)17(24)13-7-12(4-5-14(13)23)26-15-3-1-2-11-6-10(8-22)9-25-16(11)15/h4-7,9,15,24,26H,1-3,23H2. The maximum absolute atomic E-state index is 12.8. The molecular weight excluding hydrogens is 343 g/mol. The van der Waals surface area contributed by atoms with Crippen molar-refractivity contribution in [3.63, 3.8) is 0 Å².